The maximum Gasteiger partial charge on any atom is 0.396 e. The predicted molar refractivity (Wildman–Crippen MR) is 44.5 cm³/mol. The maximum atomic E-state index is 12.2. The van der Waals surface area contributed by atoms with E-state index >= 15 is 0 Å². The van der Waals surface area contributed by atoms with E-state index in [9.17, 15) is 18.0 Å². The third kappa shape index (κ3) is 4.21. The highest BCUT2D eigenvalue weighted by Crippen LogP contribution is 2.37. The first-order valence-electron chi connectivity index (χ1n) is 3.30. The van der Waals surface area contributed by atoms with Gasteiger partial charge in [-0.3, -0.25) is 4.79 Å². The number of halogens is 3. The lowest BCUT2D eigenvalue weighted by Crippen LogP contribution is -2.26. The van der Waals surface area contributed by atoms with Gasteiger partial charge in [-0.15, -0.1) is 11.8 Å². The Morgan fingerprint density at radius 1 is 1.62 bits per heavy atom. The largest absolute Gasteiger partial charge is 0.481 e. The Morgan fingerprint density at radius 2 is 2.08 bits per heavy atom. The van der Waals surface area contributed by atoms with Crippen LogP contribution < -0.4 is 0 Å². The first-order valence-corrected chi connectivity index (χ1v) is 4.52. The third-order valence-electron chi connectivity index (χ3n) is 1.42. The molecular weight excluding hydrogens is 205 g/mol. The Labute approximate surface area is 77.8 Å². The van der Waals surface area contributed by atoms with E-state index in [1.165, 1.54) is 6.26 Å². The average Bonchev–Trinajstić information content (AvgIpc) is 1.96. The first-order chi connectivity index (χ1) is 5.79. The molecule has 1 N–H and O–H groups in total. The minimum absolute atomic E-state index is 0.171. The number of rotatable bonds is 4. The maximum absolute atomic E-state index is 12.2. The van der Waals surface area contributed by atoms with E-state index in [1.807, 2.05) is 0 Å². The summed E-state index contributed by atoms with van der Waals surface area (Å²) in [5.41, 5.74) is 0. The van der Waals surface area contributed by atoms with Gasteiger partial charge in [-0.2, -0.15) is 13.2 Å². The molecule has 0 aromatic rings. The number of thioether (sulfide) groups is 1. The van der Waals surface area contributed by atoms with Crippen molar-refractivity contribution in [2.75, 3.05) is 6.26 Å². The quantitative estimate of drug-likeness (QED) is 0.781. The van der Waals surface area contributed by atoms with Gasteiger partial charge in [0.05, 0.1) is 12.3 Å². The molecule has 0 amide bonds. The van der Waals surface area contributed by atoms with E-state index in [-0.39, 0.29) is 4.91 Å². The molecule has 0 saturated carbocycles. The lowest BCUT2D eigenvalue weighted by Gasteiger charge is -2.19. The van der Waals surface area contributed by atoms with Crippen molar-refractivity contribution in [1.29, 1.82) is 0 Å². The fraction of sp³-hybridized carbons (Fsp3) is 0.571. The number of alkyl halides is 3. The Balaban J connectivity index is 4.56. The van der Waals surface area contributed by atoms with Crippen LogP contribution in [0.1, 0.15) is 6.42 Å². The highest BCUT2D eigenvalue weighted by Gasteiger charge is 2.42. The minimum Gasteiger partial charge on any atom is -0.481 e. The normalized spacial score (nSPS) is 13.8. The zero-order valence-corrected chi connectivity index (χ0v) is 7.71. The zero-order chi connectivity index (χ0) is 10.6. The van der Waals surface area contributed by atoms with Crippen molar-refractivity contribution in [3.05, 3.63) is 11.5 Å². The lowest BCUT2D eigenvalue weighted by atomic mass is 10.1. The van der Waals surface area contributed by atoms with E-state index in [1.54, 1.807) is 0 Å². The summed E-state index contributed by atoms with van der Waals surface area (Å²) in [7, 11) is 0. The fourth-order valence-electron chi connectivity index (χ4n) is 0.729. The molecule has 0 aliphatic heterocycles. The van der Waals surface area contributed by atoms with Gasteiger partial charge in [0, 0.05) is 0 Å². The van der Waals surface area contributed by atoms with Crippen molar-refractivity contribution in [2.24, 2.45) is 5.92 Å². The second-order valence-electron chi connectivity index (χ2n) is 2.36. The topological polar surface area (TPSA) is 37.3 Å². The predicted octanol–water partition coefficient (Wildman–Crippen LogP) is 2.52. The molecule has 0 rings (SSSR count). The molecule has 0 aliphatic carbocycles. The molecule has 0 aromatic carbocycles. The van der Waals surface area contributed by atoms with Crippen molar-refractivity contribution in [2.45, 2.75) is 12.6 Å². The molecule has 76 valence electrons. The molecule has 0 bridgehead atoms. The van der Waals surface area contributed by atoms with Gasteiger partial charge in [0.15, 0.2) is 0 Å². The molecule has 1 unspecified atom stereocenters. The van der Waals surface area contributed by atoms with Crippen molar-refractivity contribution >= 4 is 17.7 Å². The van der Waals surface area contributed by atoms with Crippen molar-refractivity contribution < 1.29 is 23.1 Å². The van der Waals surface area contributed by atoms with E-state index in [2.05, 4.69) is 6.58 Å². The summed E-state index contributed by atoms with van der Waals surface area (Å²) >= 11 is 0.824. The van der Waals surface area contributed by atoms with Gasteiger partial charge in [0.1, 0.15) is 0 Å². The van der Waals surface area contributed by atoms with Crippen LogP contribution in [0.4, 0.5) is 13.2 Å². The Kier molecular flexibility index (Phi) is 4.32. The molecule has 0 radical (unpaired) electrons. The Hall–Kier alpha value is -0.650. The average molecular weight is 214 g/mol. The fourth-order valence-corrected chi connectivity index (χ4v) is 1.23. The van der Waals surface area contributed by atoms with Crippen LogP contribution in [0.2, 0.25) is 0 Å². The van der Waals surface area contributed by atoms with E-state index in [0.717, 1.165) is 11.8 Å². The van der Waals surface area contributed by atoms with Crippen LogP contribution in [0.15, 0.2) is 11.5 Å². The second kappa shape index (κ2) is 4.55. The molecule has 0 heterocycles. The number of hydrogen-bond donors (Lipinski definition) is 1. The highest BCUT2D eigenvalue weighted by atomic mass is 32.2. The summed E-state index contributed by atoms with van der Waals surface area (Å²) in [4.78, 5) is 9.96. The van der Waals surface area contributed by atoms with Crippen LogP contribution in [-0.2, 0) is 4.79 Å². The molecule has 0 spiro atoms. The van der Waals surface area contributed by atoms with Crippen LogP contribution in [0.25, 0.3) is 0 Å². The van der Waals surface area contributed by atoms with Gasteiger partial charge in [0.2, 0.25) is 0 Å². The van der Waals surface area contributed by atoms with Gasteiger partial charge in [-0.1, -0.05) is 6.58 Å². The summed E-state index contributed by atoms with van der Waals surface area (Å²) in [5.74, 6) is -3.43. The SMILES string of the molecule is C=C(SC)C(CC(=O)O)C(F)(F)F. The molecule has 2 nitrogen and oxygen atoms in total. The molecule has 6 heteroatoms. The number of hydrogen-bond acceptors (Lipinski definition) is 2. The summed E-state index contributed by atoms with van der Waals surface area (Å²) in [6.07, 6.45) is -4.05. The van der Waals surface area contributed by atoms with Crippen molar-refractivity contribution in [1.82, 2.24) is 0 Å². The highest BCUT2D eigenvalue weighted by molar-refractivity contribution is 8.02. The van der Waals surface area contributed by atoms with Gasteiger partial charge in [-0.25, -0.2) is 0 Å². The number of carboxylic acid groups (broad SMARTS) is 1. The van der Waals surface area contributed by atoms with Crippen LogP contribution in [-0.4, -0.2) is 23.5 Å². The van der Waals surface area contributed by atoms with Gasteiger partial charge < -0.3 is 5.11 Å². The van der Waals surface area contributed by atoms with Gasteiger partial charge in [0.25, 0.3) is 0 Å². The second-order valence-corrected chi connectivity index (χ2v) is 3.30. The molecule has 0 saturated heterocycles. The van der Waals surface area contributed by atoms with Crippen LogP contribution in [0.5, 0.6) is 0 Å². The Bertz CT molecular complexity index is 212. The summed E-state index contributed by atoms with van der Waals surface area (Å²) in [6.45, 7) is 3.17. The molecule has 0 fully saturated rings. The first kappa shape index (κ1) is 12.3. The van der Waals surface area contributed by atoms with E-state index in [0.29, 0.717) is 0 Å². The Morgan fingerprint density at radius 3 is 2.31 bits per heavy atom. The standard InChI is InChI=1S/C7H9F3O2S/c1-4(13-2)5(3-6(11)12)7(8,9)10/h5H,1,3H2,2H3,(H,11,12). The molecule has 0 aliphatic rings. The van der Waals surface area contributed by atoms with Crippen molar-refractivity contribution in [3.63, 3.8) is 0 Å². The summed E-state index contributed by atoms with van der Waals surface area (Å²) in [5, 5.41) is 8.24. The molecule has 0 aromatic heterocycles. The zero-order valence-electron chi connectivity index (χ0n) is 6.89. The van der Waals surface area contributed by atoms with Crippen LogP contribution in [0, 0.1) is 5.92 Å². The minimum atomic E-state index is -4.53. The molecular formula is C7H9F3O2S. The summed E-state index contributed by atoms with van der Waals surface area (Å²) in [6, 6.07) is 0. The van der Waals surface area contributed by atoms with E-state index < -0.39 is 24.5 Å². The van der Waals surface area contributed by atoms with Crippen LogP contribution in [0.3, 0.4) is 0 Å². The number of carbonyl (C=O) groups is 1. The lowest BCUT2D eigenvalue weighted by molar-refractivity contribution is -0.172. The van der Waals surface area contributed by atoms with Crippen LogP contribution >= 0.6 is 11.8 Å². The molecule has 1 atom stereocenters. The van der Waals surface area contributed by atoms with Gasteiger partial charge in [-0.05, 0) is 11.2 Å². The van der Waals surface area contributed by atoms with Gasteiger partial charge >= 0.3 is 12.1 Å². The number of carboxylic acids is 1. The number of allylic oxidation sites excluding steroid dienone is 1. The van der Waals surface area contributed by atoms with E-state index in [4.69, 9.17) is 5.11 Å². The summed E-state index contributed by atoms with van der Waals surface area (Å²) < 4.78 is 36.5. The van der Waals surface area contributed by atoms with Crippen molar-refractivity contribution in [3.8, 4) is 0 Å². The smallest absolute Gasteiger partial charge is 0.396 e. The molecule has 13 heavy (non-hydrogen) atoms. The third-order valence-corrected chi connectivity index (χ3v) is 2.23. The monoisotopic (exact) mass is 214 g/mol. The number of aliphatic carboxylic acids is 1.